The molecule has 0 saturated heterocycles. The molecule has 1 N–H and O–H groups in total. The van der Waals surface area contributed by atoms with Crippen LogP contribution in [0.3, 0.4) is 0 Å². The van der Waals surface area contributed by atoms with E-state index in [1.807, 2.05) is 24.3 Å². The van der Waals surface area contributed by atoms with E-state index in [-0.39, 0.29) is 37.7 Å². The van der Waals surface area contributed by atoms with Crippen LogP contribution in [0.25, 0.3) is 5.69 Å². The number of alkyl halides is 3. The first-order valence-electron chi connectivity index (χ1n) is 12.8. The Kier molecular flexibility index (Phi) is 7.03. The number of aromatic hydroxyl groups is 1. The third-order valence-corrected chi connectivity index (χ3v) is 7.21. The Morgan fingerprint density at radius 3 is 2.55 bits per heavy atom. The average molecular weight is 556 g/mol. The molecule has 1 aromatic carbocycles. The van der Waals surface area contributed by atoms with Crippen molar-refractivity contribution in [3.8, 4) is 17.3 Å². The second-order valence-electron chi connectivity index (χ2n) is 10.0. The number of halogens is 3. The number of aromatic nitrogens is 3. The highest BCUT2D eigenvalue weighted by atomic mass is 19.4. The van der Waals surface area contributed by atoms with Gasteiger partial charge in [0.1, 0.15) is 12.4 Å². The van der Waals surface area contributed by atoms with Crippen LogP contribution >= 0.6 is 0 Å². The summed E-state index contributed by atoms with van der Waals surface area (Å²) in [5, 5.41) is 14.7. The Morgan fingerprint density at radius 2 is 1.93 bits per heavy atom. The summed E-state index contributed by atoms with van der Waals surface area (Å²) >= 11 is 0. The van der Waals surface area contributed by atoms with Crippen molar-refractivity contribution in [3.63, 3.8) is 0 Å². The molecule has 4 heterocycles. The average Bonchev–Trinajstić information content (AvgIpc) is 3.28. The molecule has 9 nitrogen and oxygen atoms in total. The fraction of sp³-hybridized carbons (Fsp3) is 0.357. The van der Waals surface area contributed by atoms with Crippen molar-refractivity contribution < 1.29 is 32.6 Å². The summed E-state index contributed by atoms with van der Waals surface area (Å²) in [6.07, 6.45) is -2.52. The third-order valence-electron chi connectivity index (χ3n) is 7.21. The lowest BCUT2D eigenvalue weighted by atomic mass is 9.96. The highest BCUT2D eigenvalue weighted by Crippen LogP contribution is 2.41. The van der Waals surface area contributed by atoms with E-state index in [0.29, 0.717) is 23.8 Å². The number of carbonyl (C=O) groups excluding carboxylic acids is 2. The minimum Gasteiger partial charge on any atom is -0.506 e. The van der Waals surface area contributed by atoms with Crippen molar-refractivity contribution >= 4 is 11.8 Å². The molecule has 12 heteroatoms. The molecular formula is C28H28F3N5O4. The van der Waals surface area contributed by atoms with Crippen LogP contribution in [-0.4, -0.2) is 67.7 Å². The van der Waals surface area contributed by atoms with Gasteiger partial charge in [0.2, 0.25) is 11.8 Å². The Bertz CT molecular complexity index is 1470. The second kappa shape index (κ2) is 10.3. The van der Waals surface area contributed by atoms with Gasteiger partial charge < -0.3 is 19.6 Å². The Labute approximate surface area is 228 Å². The van der Waals surface area contributed by atoms with Gasteiger partial charge in [-0.15, -0.1) is 5.10 Å². The van der Waals surface area contributed by atoms with E-state index in [1.165, 1.54) is 21.4 Å². The topological polar surface area (TPSA) is 101 Å². The van der Waals surface area contributed by atoms with E-state index in [2.05, 4.69) is 25.4 Å². The van der Waals surface area contributed by atoms with Gasteiger partial charge in [-0.05, 0) is 35.8 Å². The highest BCUT2D eigenvalue weighted by Gasteiger charge is 2.41. The molecule has 40 heavy (non-hydrogen) atoms. The summed E-state index contributed by atoms with van der Waals surface area (Å²) in [6.45, 7) is 8.44. The quantitative estimate of drug-likeness (QED) is 0.483. The van der Waals surface area contributed by atoms with Gasteiger partial charge in [0, 0.05) is 25.7 Å². The Balaban J connectivity index is 1.57. The molecule has 0 radical (unpaired) electrons. The largest absolute Gasteiger partial charge is 0.506 e. The maximum Gasteiger partial charge on any atom is 0.437 e. The summed E-state index contributed by atoms with van der Waals surface area (Å²) in [7, 11) is 0. The lowest BCUT2D eigenvalue weighted by Gasteiger charge is -2.39. The van der Waals surface area contributed by atoms with E-state index >= 15 is 0 Å². The number of rotatable bonds is 4. The molecule has 1 atom stereocenters. The first-order chi connectivity index (χ1) is 19.0. The molecule has 2 aliphatic rings. The molecule has 0 aliphatic carbocycles. The van der Waals surface area contributed by atoms with Gasteiger partial charge in [0.15, 0.2) is 5.69 Å². The molecule has 0 fully saturated rings. The van der Waals surface area contributed by atoms with E-state index < -0.39 is 29.6 Å². The summed E-state index contributed by atoms with van der Waals surface area (Å²) in [6, 6.07) is 8.02. The first-order valence-corrected chi connectivity index (χ1v) is 12.8. The summed E-state index contributed by atoms with van der Waals surface area (Å²) in [5.41, 5.74) is 1.72. The van der Waals surface area contributed by atoms with Crippen LogP contribution in [0.1, 0.15) is 58.7 Å². The predicted octanol–water partition coefficient (Wildman–Crippen LogP) is 4.26. The highest BCUT2D eigenvalue weighted by molar-refractivity contribution is 5.95. The van der Waals surface area contributed by atoms with Crippen LogP contribution in [0.5, 0.6) is 11.6 Å². The number of hydrogen-bond acceptors (Lipinski definition) is 6. The van der Waals surface area contributed by atoms with E-state index in [9.17, 15) is 27.9 Å². The molecule has 2 aromatic heterocycles. The van der Waals surface area contributed by atoms with Crippen LogP contribution in [0.2, 0.25) is 0 Å². The fourth-order valence-electron chi connectivity index (χ4n) is 5.15. The van der Waals surface area contributed by atoms with Crippen molar-refractivity contribution in [3.05, 3.63) is 77.3 Å². The SMILES string of the molecule is C=CC(=O)N1CCOc2nn(-c3ccc(C(C)C)cc3)c3c2C(C1)N(C(=O)c1cnc(C(F)(F)F)c(O)c1)CC3. The van der Waals surface area contributed by atoms with Crippen LogP contribution in [0, 0.1) is 0 Å². The van der Waals surface area contributed by atoms with E-state index in [1.54, 1.807) is 4.68 Å². The molecule has 2 aliphatic heterocycles. The number of carbonyl (C=O) groups is 2. The van der Waals surface area contributed by atoms with E-state index in [0.717, 1.165) is 23.6 Å². The lowest BCUT2D eigenvalue weighted by Crippen LogP contribution is -2.48. The zero-order valence-electron chi connectivity index (χ0n) is 22.0. The van der Waals surface area contributed by atoms with Crippen molar-refractivity contribution in [2.45, 2.75) is 38.4 Å². The molecule has 210 valence electrons. The Morgan fingerprint density at radius 1 is 1.20 bits per heavy atom. The van der Waals surface area contributed by atoms with E-state index in [4.69, 9.17) is 9.84 Å². The van der Waals surface area contributed by atoms with Crippen molar-refractivity contribution in [1.29, 1.82) is 0 Å². The van der Waals surface area contributed by atoms with Gasteiger partial charge in [0.05, 0.1) is 35.1 Å². The molecular weight excluding hydrogens is 527 g/mol. The minimum atomic E-state index is -4.87. The number of hydrogen-bond donors (Lipinski definition) is 1. The molecule has 0 spiro atoms. The predicted molar refractivity (Wildman–Crippen MR) is 138 cm³/mol. The zero-order valence-corrected chi connectivity index (χ0v) is 22.0. The molecule has 0 bridgehead atoms. The fourth-order valence-corrected chi connectivity index (χ4v) is 5.15. The maximum atomic E-state index is 13.7. The Hall–Kier alpha value is -4.35. The normalized spacial score (nSPS) is 17.1. The van der Waals surface area contributed by atoms with Crippen LogP contribution in [0.4, 0.5) is 13.2 Å². The standard InChI is InChI=1S/C28H28F3N5O4/c1-4-23(38)34-11-12-40-26-24-20(36(33-26)19-7-5-17(6-8-19)16(2)3)9-10-35(21(24)15-34)27(39)18-13-22(37)25(32-14-18)28(29,30)31/h4-8,13-14,16,21,37H,1,9-12,15H2,2-3H3. The van der Waals surface area contributed by atoms with Crippen molar-refractivity contribution in [1.82, 2.24) is 24.6 Å². The monoisotopic (exact) mass is 555 g/mol. The van der Waals surface area contributed by atoms with Gasteiger partial charge in [-0.2, -0.15) is 13.2 Å². The van der Waals surface area contributed by atoms with Crippen LogP contribution < -0.4 is 4.74 Å². The maximum absolute atomic E-state index is 13.7. The minimum absolute atomic E-state index is 0.0952. The first kappa shape index (κ1) is 27.2. The summed E-state index contributed by atoms with van der Waals surface area (Å²) in [5.74, 6) is -1.45. The van der Waals surface area contributed by atoms with Crippen LogP contribution in [-0.2, 0) is 17.4 Å². The molecule has 2 amide bonds. The molecule has 5 rings (SSSR count). The van der Waals surface area contributed by atoms with Gasteiger partial charge in [-0.3, -0.25) is 9.59 Å². The van der Waals surface area contributed by atoms with Crippen LogP contribution in [0.15, 0.2) is 49.2 Å². The number of amides is 2. The summed E-state index contributed by atoms with van der Waals surface area (Å²) < 4.78 is 47.1. The zero-order chi connectivity index (χ0) is 28.8. The smallest absolute Gasteiger partial charge is 0.437 e. The van der Waals surface area contributed by atoms with Gasteiger partial charge in [-0.1, -0.05) is 32.6 Å². The number of pyridine rings is 1. The van der Waals surface area contributed by atoms with Crippen molar-refractivity contribution in [2.75, 3.05) is 26.2 Å². The molecule has 1 unspecified atom stereocenters. The van der Waals surface area contributed by atoms with Gasteiger partial charge >= 0.3 is 6.18 Å². The van der Waals surface area contributed by atoms with Gasteiger partial charge in [0.25, 0.3) is 5.91 Å². The summed E-state index contributed by atoms with van der Waals surface area (Å²) in [4.78, 5) is 32.5. The second-order valence-corrected chi connectivity index (χ2v) is 10.0. The lowest BCUT2D eigenvalue weighted by molar-refractivity contribution is -0.142. The third kappa shape index (κ3) is 4.89. The molecule has 3 aromatic rings. The molecule has 0 saturated carbocycles. The number of nitrogens with zero attached hydrogens (tertiary/aromatic N) is 5. The number of benzene rings is 1. The van der Waals surface area contributed by atoms with Gasteiger partial charge in [-0.25, -0.2) is 9.67 Å². The van der Waals surface area contributed by atoms with Crippen molar-refractivity contribution in [2.24, 2.45) is 0 Å². The number of ether oxygens (including phenoxy) is 1.